The number of hydrogen-bond donors (Lipinski definition) is 2. The van der Waals surface area contributed by atoms with Crippen LogP contribution in [0.1, 0.15) is 45.1 Å². The number of nitrogens with two attached hydrogens (primary N) is 1. The van der Waals surface area contributed by atoms with Crippen LogP contribution in [0.3, 0.4) is 0 Å². The van der Waals surface area contributed by atoms with Crippen molar-refractivity contribution in [3.8, 4) is 5.75 Å². The highest BCUT2D eigenvalue weighted by molar-refractivity contribution is 6.03. The van der Waals surface area contributed by atoms with E-state index in [0.29, 0.717) is 29.7 Å². The normalized spacial score (nSPS) is 22.0. The summed E-state index contributed by atoms with van der Waals surface area (Å²) in [6.45, 7) is 5.85. The van der Waals surface area contributed by atoms with Crippen molar-refractivity contribution in [2.75, 3.05) is 6.61 Å². The lowest BCUT2D eigenvalue weighted by Crippen LogP contribution is -2.35. The molecule has 0 saturated heterocycles. The van der Waals surface area contributed by atoms with Crippen molar-refractivity contribution in [3.05, 3.63) is 52.6 Å². The Morgan fingerprint density at radius 3 is 2.77 bits per heavy atom. The number of ether oxygens (including phenoxy) is 2. The highest BCUT2D eigenvalue weighted by Gasteiger charge is 2.45. The number of phenolic OH excluding ortho intramolecular Hbond substituents is 1. The van der Waals surface area contributed by atoms with E-state index < -0.39 is 11.9 Å². The first-order valence-electron chi connectivity index (χ1n) is 8.63. The number of ketones is 1. The molecule has 0 amide bonds. The molecule has 1 heterocycles. The van der Waals surface area contributed by atoms with Crippen molar-refractivity contribution in [1.82, 2.24) is 0 Å². The van der Waals surface area contributed by atoms with Crippen molar-refractivity contribution in [1.29, 1.82) is 0 Å². The predicted octanol–water partition coefficient (Wildman–Crippen LogP) is 2.88. The summed E-state index contributed by atoms with van der Waals surface area (Å²) in [5.41, 5.74) is 6.94. The largest absolute Gasteiger partial charge is 0.508 e. The minimum absolute atomic E-state index is 0.0431. The van der Waals surface area contributed by atoms with Gasteiger partial charge in [0.1, 0.15) is 17.1 Å². The molecule has 1 aromatic rings. The van der Waals surface area contributed by atoms with Crippen molar-refractivity contribution >= 4 is 11.8 Å². The van der Waals surface area contributed by atoms with Crippen LogP contribution in [0.15, 0.2) is 47.1 Å². The van der Waals surface area contributed by atoms with Crippen LogP contribution in [0.5, 0.6) is 5.75 Å². The second-order valence-electron chi connectivity index (χ2n) is 7.41. The highest BCUT2D eigenvalue weighted by atomic mass is 16.5. The van der Waals surface area contributed by atoms with Gasteiger partial charge in [-0.3, -0.25) is 4.79 Å². The topological polar surface area (TPSA) is 98.9 Å². The molecular weight excluding hydrogens is 334 g/mol. The zero-order valence-corrected chi connectivity index (χ0v) is 15.2. The van der Waals surface area contributed by atoms with Gasteiger partial charge >= 0.3 is 5.97 Å². The van der Waals surface area contributed by atoms with Gasteiger partial charge in [0.05, 0.1) is 12.5 Å². The van der Waals surface area contributed by atoms with Gasteiger partial charge in [-0.25, -0.2) is 4.79 Å². The second-order valence-corrected chi connectivity index (χ2v) is 7.41. The minimum atomic E-state index is -0.714. The number of allylic oxidation sites excluding steroid dienone is 2. The number of aromatic hydroxyl groups is 1. The van der Waals surface area contributed by atoms with Crippen LogP contribution in [0.2, 0.25) is 0 Å². The van der Waals surface area contributed by atoms with Crippen molar-refractivity contribution < 1.29 is 24.2 Å². The molecule has 0 saturated carbocycles. The molecule has 26 heavy (non-hydrogen) atoms. The van der Waals surface area contributed by atoms with Crippen molar-refractivity contribution in [2.45, 2.75) is 39.5 Å². The molecule has 1 unspecified atom stereocenters. The summed E-state index contributed by atoms with van der Waals surface area (Å²) >= 11 is 0. The van der Waals surface area contributed by atoms with Crippen molar-refractivity contribution in [3.63, 3.8) is 0 Å². The first kappa shape index (κ1) is 18.0. The molecular formula is C20H23NO5. The smallest absolute Gasteiger partial charge is 0.340 e. The summed E-state index contributed by atoms with van der Waals surface area (Å²) in [6.07, 6.45) is 0.890. The van der Waals surface area contributed by atoms with E-state index in [4.69, 9.17) is 15.2 Å². The molecule has 0 bridgehead atoms. The molecule has 0 aromatic heterocycles. The number of Topliss-reactive ketones (excluding diaryl/α,β-unsaturated/α-hetero) is 1. The highest BCUT2D eigenvalue weighted by Crippen LogP contribution is 2.48. The van der Waals surface area contributed by atoms with Gasteiger partial charge in [0.25, 0.3) is 0 Å². The van der Waals surface area contributed by atoms with Gasteiger partial charge in [-0.15, -0.1) is 0 Å². The lowest BCUT2D eigenvalue weighted by atomic mass is 9.70. The number of carbonyl (C=O) groups is 2. The zero-order chi connectivity index (χ0) is 19.1. The molecule has 1 atom stereocenters. The molecule has 1 aromatic carbocycles. The van der Waals surface area contributed by atoms with E-state index in [0.717, 1.165) is 0 Å². The second kappa shape index (κ2) is 6.52. The maximum Gasteiger partial charge on any atom is 0.340 e. The Morgan fingerprint density at radius 2 is 2.12 bits per heavy atom. The fourth-order valence-corrected chi connectivity index (χ4v) is 3.63. The van der Waals surface area contributed by atoms with Gasteiger partial charge in [-0.2, -0.15) is 0 Å². The first-order chi connectivity index (χ1) is 12.2. The quantitative estimate of drug-likeness (QED) is 0.807. The Balaban J connectivity index is 2.18. The van der Waals surface area contributed by atoms with Gasteiger partial charge in [0, 0.05) is 18.4 Å². The van der Waals surface area contributed by atoms with E-state index in [1.54, 1.807) is 19.1 Å². The molecule has 138 valence electrons. The third-order valence-corrected chi connectivity index (χ3v) is 4.65. The average molecular weight is 357 g/mol. The summed E-state index contributed by atoms with van der Waals surface area (Å²) in [6, 6.07) is 6.47. The van der Waals surface area contributed by atoms with E-state index in [1.165, 1.54) is 12.1 Å². The molecule has 0 radical (unpaired) electrons. The number of hydrogen-bond acceptors (Lipinski definition) is 6. The van der Waals surface area contributed by atoms with Crippen LogP contribution in [0.4, 0.5) is 0 Å². The Labute approximate surface area is 152 Å². The van der Waals surface area contributed by atoms with Gasteiger partial charge in [0.2, 0.25) is 5.88 Å². The molecule has 6 heteroatoms. The summed E-state index contributed by atoms with van der Waals surface area (Å²) in [5.74, 6) is -0.942. The average Bonchev–Trinajstić information content (AvgIpc) is 2.52. The summed E-state index contributed by atoms with van der Waals surface area (Å²) < 4.78 is 10.8. The molecule has 1 aliphatic heterocycles. The monoisotopic (exact) mass is 357 g/mol. The SMILES string of the molecule is CCOC(=O)C1=C(N)OC2=C(C(=O)CC(C)(C)C2)C1c1cccc(O)c1. The molecule has 0 fully saturated rings. The van der Waals surface area contributed by atoms with E-state index in [1.807, 2.05) is 13.8 Å². The number of benzene rings is 1. The maximum absolute atomic E-state index is 12.9. The van der Waals surface area contributed by atoms with Crippen LogP contribution in [0.25, 0.3) is 0 Å². The Kier molecular flexibility index (Phi) is 4.52. The molecule has 1 aliphatic carbocycles. The van der Waals surface area contributed by atoms with Crippen LogP contribution >= 0.6 is 0 Å². The van der Waals surface area contributed by atoms with E-state index >= 15 is 0 Å². The number of carbonyl (C=O) groups excluding carboxylic acids is 2. The van der Waals surface area contributed by atoms with E-state index in [-0.39, 0.29) is 35.0 Å². The molecule has 3 N–H and O–H groups in total. The summed E-state index contributed by atoms with van der Waals surface area (Å²) in [7, 11) is 0. The predicted molar refractivity (Wildman–Crippen MR) is 94.8 cm³/mol. The Bertz CT molecular complexity index is 834. The van der Waals surface area contributed by atoms with Crippen LogP contribution in [-0.2, 0) is 19.1 Å². The standard InChI is InChI=1S/C20H23NO5/c1-4-25-19(24)17-15(11-6-5-7-12(22)8-11)16-13(23)9-20(2,3)10-14(16)26-18(17)21/h5-8,15,22H,4,9-10,21H2,1-3H3. The number of esters is 1. The van der Waals surface area contributed by atoms with E-state index in [2.05, 4.69) is 0 Å². The number of rotatable bonds is 3. The van der Waals surface area contributed by atoms with Gasteiger partial charge in [0.15, 0.2) is 5.78 Å². The molecule has 6 nitrogen and oxygen atoms in total. The first-order valence-corrected chi connectivity index (χ1v) is 8.63. The zero-order valence-electron chi connectivity index (χ0n) is 15.2. The van der Waals surface area contributed by atoms with E-state index in [9.17, 15) is 14.7 Å². The van der Waals surface area contributed by atoms with Crippen LogP contribution in [-0.4, -0.2) is 23.5 Å². The van der Waals surface area contributed by atoms with Crippen LogP contribution < -0.4 is 5.73 Å². The fraction of sp³-hybridized carbons (Fsp3) is 0.400. The minimum Gasteiger partial charge on any atom is -0.508 e. The van der Waals surface area contributed by atoms with Crippen molar-refractivity contribution in [2.24, 2.45) is 11.1 Å². The van der Waals surface area contributed by atoms with Gasteiger partial charge < -0.3 is 20.3 Å². The Hall–Kier alpha value is -2.76. The summed E-state index contributed by atoms with van der Waals surface area (Å²) in [5, 5.41) is 9.89. The lowest BCUT2D eigenvalue weighted by molar-refractivity contribution is -0.139. The molecule has 0 spiro atoms. The molecule has 3 rings (SSSR count). The molecule has 2 aliphatic rings. The van der Waals surface area contributed by atoms with Crippen LogP contribution in [0, 0.1) is 5.41 Å². The third-order valence-electron chi connectivity index (χ3n) is 4.65. The lowest BCUT2D eigenvalue weighted by Gasteiger charge is -2.37. The summed E-state index contributed by atoms with van der Waals surface area (Å²) in [4.78, 5) is 25.5. The maximum atomic E-state index is 12.9. The fourth-order valence-electron chi connectivity index (χ4n) is 3.63. The van der Waals surface area contributed by atoms with Gasteiger partial charge in [-0.05, 0) is 30.0 Å². The Morgan fingerprint density at radius 1 is 1.38 bits per heavy atom. The number of phenols is 1. The third kappa shape index (κ3) is 3.19. The van der Waals surface area contributed by atoms with Gasteiger partial charge in [-0.1, -0.05) is 26.0 Å².